The lowest BCUT2D eigenvalue weighted by atomic mass is 9.96. The van der Waals surface area contributed by atoms with Gasteiger partial charge in [-0.15, -0.1) is 0 Å². The first kappa shape index (κ1) is 15.6. The normalized spacial score (nSPS) is 13.2. The van der Waals surface area contributed by atoms with Crippen LogP contribution in [0.4, 0.5) is 13.2 Å². The standard InChI is InChI=1S/C18H13F3N4/c19-18(20,21)14-5-12-7-22-9-17(12)16(6-14)13-8-24-25(10-13)11-15-3-1-2-4-23-15/h1-6,8-10H,7,11H2. The van der Waals surface area contributed by atoms with Gasteiger partial charge in [0, 0.05) is 29.7 Å². The van der Waals surface area contributed by atoms with Crippen LogP contribution in [0.2, 0.25) is 0 Å². The third-order valence-corrected chi connectivity index (χ3v) is 4.07. The molecule has 4 nitrogen and oxygen atoms in total. The van der Waals surface area contributed by atoms with E-state index < -0.39 is 11.7 Å². The van der Waals surface area contributed by atoms with E-state index >= 15 is 0 Å². The Labute approximate surface area is 141 Å². The maximum Gasteiger partial charge on any atom is 0.416 e. The molecule has 1 aliphatic rings. The molecule has 0 bridgehead atoms. The summed E-state index contributed by atoms with van der Waals surface area (Å²) in [6.45, 7) is 0.727. The molecule has 3 aromatic rings. The van der Waals surface area contributed by atoms with Gasteiger partial charge in [0.1, 0.15) is 0 Å². The topological polar surface area (TPSA) is 43.1 Å². The summed E-state index contributed by atoms with van der Waals surface area (Å²) in [5, 5.41) is 4.26. The molecular formula is C18H13F3N4. The van der Waals surface area contributed by atoms with E-state index in [1.165, 1.54) is 6.07 Å². The molecule has 4 rings (SSSR count). The average Bonchev–Trinajstić information content (AvgIpc) is 3.23. The smallest absolute Gasteiger partial charge is 0.288 e. The number of benzene rings is 1. The average molecular weight is 342 g/mol. The lowest BCUT2D eigenvalue weighted by Crippen LogP contribution is -2.07. The maximum absolute atomic E-state index is 13.2. The molecular weight excluding hydrogens is 329 g/mol. The molecule has 126 valence electrons. The number of fused-ring (bicyclic) bond motifs is 1. The number of aromatic nitrogens is 3. The number of alkyl halides is 3. The molecule has 0 saturated heterocycles. The molecule has 0 radical (unpaired) electrons. The summed E-state index contributed by atoms with van der Waals surface area (Å²) in [5.41, 5.74) is 2.61. The second kappa shape index (κ2) is 5.84. The molecule has 25 heavy (non-hydrogen) atoms. The molecule has 0 aliphatic carbocycles. The lowest BCUT2D eigenvalue weighted by molar-refractivity contribution is -0.137. The van der Waals surface area contributed by atoms with Crippen molar-refractivity contribution in [3.05, 3.63) is 71.3 Å². The molecule has 0 fully saturated rings. The Balaban J connectivity index is 1.73. The zero-order valence-electron chi connectivity index (χ0n) is 13.0. The van der Waals surface area contributed by atoms with Crippen LogP contribution in [0.25, 0.3) is 11.1 Å². The van der Waals surface area contributed by atoms with Gasteiger partial charge in [0.15, 0.2) is 0 Å². The van der Waals surface area contributed by atoms with Crippen molar-refractivity contribution < 1.29 is 13.2 Å². The number of hydrogen-bond acceptors (Lipinski definition) is 3. The highest BCUT2D eigenvalue weighted by molar-refractivity contribution is 5.94. The van der Waals surface area contributed by atoms with E-state index in [9.17, 15) is 13.2 Å². The van der Waals surface area contributed by atoms with Gasteiger partial charge in [-0.3, -0.25) is 14.7 Å². The molecule has 1 aliphatic heterocycles. The number of nitrogens with zero attached hydrogens (tertiary/aromatic N) is 4. The first-order chi connectivity index (χ1) is 12.0. The fourth-order valence-electron chi connectivity index (χ4n) is 2.88. The summed E-state index contributed by atoms with van der Waals surface area (Å²) in [5.74, 6) is 0. The number of rotatable bonds is 3. The minimum atomic E-state index is -4.39. The van der Waals surface area contributed by atoms with Crippen molar-refractivity contribution in [1.82, 2.24) is 14.8 Å². The van der Waals surface area contributed by atoms with Crippen LogP contribution in [0, 0.1) is 0 Å². The van der Waals surface area contributed by atoms with Gasteiger partial charge in [-0.25, -0.2) is 0 Å². The Bertz CT molecular complexity index is 943. The maximum atomic E-state index is 13.2. The zero-order chi connectivity index (χ0) is 17.4. The van der Waals surface area contributed by atoms with Gasteiger partial charge in [0.25, 0.3) is 0 Å². The molecule has 3 heterocycles. The summed E-state index contributed by atoms with van der Waals surface area (Å²) < 4.78 is 41.2. The van der Waals surface area contributed by atoms with Crippen molar-refractivity contribution in [3.8, 4) is 11.1 Å². The molecule has 2 aromatic heterocycles. The number of hydrogen-bond donors (Lipinski definition) is 0. The second-order valence-corrected chi connectivity index (χ2v) is 5.81. The van der Waals surface area contributed by atoms with Crippen molar-refractivity contribution in [2.24, 2.45) is 4.99 Å². The van der Waals surface area contributed by atoms with Crippen LogP contribution in [0.3, 0.4) is 0 Å². The predicted octanol–water partition coefficient (Wildman–Crippen LogP) is 3.94. The highest BCUT2D eigenvalue weighted by Crippen LogP contribution is 2.36. The van der Waals surface area contributed by atoms with Crippen LogP contribution in [0.1, 0.15) is 22.4 Å². The summed E-state index contributed by atoms with van der Waals surface area (Å²) >= 11 is 0. The first-order valence-electron chi connectivity index (χ1n) is 7.67. The van der Waals surface area contributed by atoms with E-state index in [0.29, 0.717) is 23.2 Å². The Kier molecular flexibility index (Phi) is 3.63. The van der Waals surface area contributed by atoms with E-state index in [2.05, 4.69) is 15.1 Å². The second-order valence-electron chi connectivity index (χ2n) is 5.81. The number of halogens is 3. The van der Waals surface area contributed by atoms with E-state index in [1.54, 1.807) is 29.5 Å². The van der Waals surface area contributed by atoms with E-state index in [1.807, 2.05) is 18.2 Å². The summed E-state index contributed by atoms with van der Waals surface area (Å²) in [7, 11) is 0. The number of aliphatic imine (C=N–C) groups is 1. The molecule has 0 saturated carbocycles. The van der Waals surface area contributed by atoms with Crippen molar-refractivity contribution in [2.45, 2.75) is 19.3 Å². The third kappa shape index (κ3) is 3.05. The molecule has 0 atom stereocenters. The molecule has 0 amide bonds. The van der Waals surface area contributed by atoms with E-state index in [-0.39, 0.29) is 6.54 Å². The molecule has 0 unspecified atom stereocenters. The van der Waals surface area contributed by atoms with Crippen LogP contribution in [-0.2, 0) is 19.3 Å². The Morgan fingerprint density at radius 2 is 2.04 bits per heavy atom. The molecule has 1 aromatic carbocycles. The minimum Gasteiger partial charge on any atom is -0.288 e. The summed E-state index contributed by atoms with van der Waals surface area (Å²) in [6.07, 6.45) is 2.23. The van der Waals surface area contributed by atoms with Gasteiger partial charge >= 0.3 is 6.18 Å². The largest absolute Gasteiger partial charge is 0.416 e. The Morgan fingerprint density at radius 3 is 2.80 bits per heavy atom. The van der Waals surface area contributed by atoms with Crippen LogP contribution in [0.5, 0.6) is 0 Å². The van der Waals surface area contributed by atoms with E-state index in [4.69, 9.17) is 0 Å². The quantitative estimate of drug-likeness (QED) is 0.723. The van der Waals surface area contributed by atoms with Gasteiger partial charge in [-0.1, -0.05) is 6.07 Å². The highest BCUT2D eigenvalue weighted by atomic mass is 19.4. The summed E-state index contributed by atoms with van der Waals surface area (Å²) in [4.78, 5) is 8.34. The van der Waals surface area contributed by atoms with Crippen LogP contribution >= 0.6 is 0 Å². The fraction of sp³-hybridized carbons (Fsp3) is 0.167. The van der Waals surface area contributed by atoms with Gasteiger partial charge in [-0.05, 0) is 35.4 Å². The van der Waals surface area contributed by atoms with Crippen molar-refractivity contribution >= 4 is 6.21 Å². The number of pyridine rings is 1. The Hall–Kier alpha value is -2.96. The molecule has 0 N–H and O–H groups in total. The third-order valence-electron chi connectivity index (χ3n) is 4.07. The van der Waals surface area contributed by atoms with Gasteiger partial charge in [0.05, 0.1) is 30.5 Å². The van der Waals surface area contributed by atoms with Crippen molar-refractivity contribution in [2.75, 3.05) is 0 Å². The van der Waals surface area contributed by atoms with Crippen LogP contribution < -0.4 is 0 Å². The predicted molar refractivity (Wildman–Crippen MR) is 87.3 cm³/mol. The zero-order valence-corrected chi connectivity index (χ0v) is 13.0. The van der Waals surface area contributed by atoms with E-state index in [0.717, 1.165) is 17.3 Å². The lowest BCUT2D eigenvalue weighted by Gasteiger charge is -2.12. The SMILES string of the molecule is FC(F)(F)c1cc2c(c(-c3cnn(Cc4ccccn4)c3)c1)C=NC2. The van der Waals surface area contributed by atoms with Crippen LogP contribution in [0.15, 0.2) is 53.9 Å². The first-order valence-corrected chi connectivity index (χ1v) is 7.67. The molecule has 7 heteroatoms. The van der Waals surface area contributed by atoms with Crippen LogP contribution in [-0.4, -0.2) is 21.0 Å². The minimum absolute atomic E-state index is 0.272. The monoisotopic (exact) mass is 342 g/mol. The molecule has 0 spiro atoms. The van der Waals surface area contributed by atoms with Gasteiger partial charge in [0.2, 0.25) is 0 Å². The van der Waals surface area contributed by atoms with Crippen molar-refractivity contribution in [1.29, 1.82) is 0 Å². The fourth-order valence-corrected chi connectivity index (χ4v) is 2.88. The van der Waals surface area contributed by atoms with Gasteiger partial charge < -0.3 is 0 Å². The van der Waals surface area contributed by atoms with Gasteiger partial charge in [-0.2, -0.15) is 18.3 Å². The highest BCUT2D eigenvalue weighted by Gasteiger charge is 2.32. The van der Waals surface area contributed by atoms with Crippen molar-refractivity contribution in [3.63, 3.8) is 0 Å². The Morgan fingerprint density at radius 1 is 1.16 bits per heavy atom. The summed E-state index contributed by atoms with van der Waals surface area (Å²) in [6, 6.07) is 7.91.